The zero-order valence-corrected chi connectivity index (χ0v) is 12.6. The standard InChI is InChI=1S/C17H18N2O3/c1-11(2)10-18-17(20)9-13-8-16(22-19-13)15-7-12-5-3-4-6-14(12)21-15/h3-8,11H,9-10H2,1-2H3,(H,18,20). The van der Waals surface area contributed by atoms with Crippen molar-refractivity contribution in [3.8, 4) is 11.5 Å². The average Bonchev–Trinajstić information content (AvgIpc) is 3.11. The SMILES string of the molecule is CC(C)CNC(=O)Cc1cc(-c2cc3ccccc3o2)on1. The third-order valence-corrected chi connectivity index (χ3v) is 3.28. The minimum atomic E-state index is -0.0573. The van der Waals surface area contributed by atoms with Gasteiger partial charge in [0, 0.05) is 18.0 Å². The number of nitrogens with zero attached hydrogens (tertiary/aromatic N) is 1. The van der Waals surface area contributed by atoms with E-state index in [0.717, 1.165) is 11.0 Å². The lowest BCUT2D eigenvalue weighted by atomic mass is 10.2. The van der Waals surface area contributed by atoms with Gasteiger partial charge in [-0.05, 0) is 18.1 Å². The molecule has 2 aromatic heterocycles. The van der Waals surface area contributed by atoms with E-state index in [1.165, 1.54) is 0 Å². The van der Waals surface area contributed by atoms with Crippen LogP contribution in [0.15, 0.2) is 45.3 Å². The largest absolute Gasteiger partial charge is 0.453 e. The lowest BCUT2D eigenvalue weighted by Gasteiger charge is -2.05. The Hall–Kier alpha value is -2.56. The quantitative estimate of drug-likeness (QED) is 0.784. The number of rotatable bonds is 5. The van der Waals surface area contributed by atoms with Crippen LogP contribution in [0, 0.1) is 5.92 Å². The predicted molar refractivity (Wildman–Crippen MR) is 83.3 cm³/mol. The van der Waals surface area contributed by atoms with E-state index in [9.17, 15) is 4.79 Å². The van der Waals surface area contributed by atoms with Gasteiger partial charge in [0.15, 0.2) is 5.76 Å². The summed E-state index contributed by atoms with van der Waals surface area (Å²) < 4.78 is 11.0. The maximum Gasteiger partial charge on any atom is 0.226 e. The Morgan fingerprint density at radius 2 is 2.05 bits per heavy atom. The van der Waals surface area contributed by atoms with E-state index in [0.29, 0.717) is 29.7 Å². The van der Waals surface area contributed by atoms with Crippen LogP contribution in [0.1, 0.15) is 19.5 Å². The second-order valence-corrected chi connectivity index (χ2v) is 5.71. The number of carbonyl (C=O) groups excluding carboxylic acids is 1. The van der Waals surface area contributed by atoms with Gasteiger partial charge in [0.05, 0.1) is 12.1 Å². The molecule has 1 amide bonds. The first-order valence-electron chi connectivity index (χ1n) is 7.33. The van der Waals surface area contributed by atoms with Crippen molar-refractivity contribution in [3.63, 3.8) is 0 Å². The Morgan fingerprint density at radius 1 is 1.23 bits per heavy atom. The van der Waals surface area contributed by atoms with E-state index < -0.39 is 0 Å². The third-order valence-electron chi connectivity index (χ3n) is 3.28. The summed E-state index contributed by atoms with van der Waals surface area (Å²) in [6.07, 6.45) is 0.205. The molecule has 1 N–H and O–H groups in total. The Bertz CT molecular complexity index is 753. The molecule has 0 saturated heterocycles. The highest BCUT2D eigenvalue weighted by atomic mass is 16.5. The van der Waals surface area contributed by atoms with Gasteiger partial charge in [-0.2, -0.15) is 0 Å². The van der Waals surface area contributed by atoms with Gasteiger partial charge in [0.25, 0.3) is 0 Å². The molecule has 1 aromatic carbocycles. The second kappa shape index (κ2) is 6.05. The molecule has 0 aliphatic heterocycles. The van der Waals surface area contributed by atoms with Gasteiger partial charge in [-0.3, -0.25) is 4.79 Å². The predicted octanol–water partition coefficient (Wildman–Crippen LogP) is 3.40. The van der Waals surface area contributed by atoms with E-state index in [1.807, 2.05) is 30.3 Å². The number of benzene rings is 1. The number of amides is 1. The number of nitrogens with one attached hydrogen (secondary N) is 1. The summed E-state index contributed by atoms with van der Waals surface area (Å²) in [5.41, 5.74) is 1.39. The molecule has 5 nitrogen and oxygen atoms in total. The smallest absolute Gasteiger partial charge is 0.226 e. The van der Waals surface area contributed by atoms with Gasteiger partial charge >= 0.3 is 0 Å². The van der Waals surface area contributed by atoms with Gasteiger partial charge in [0.1, 0.15) is 5.58 Å². The summed E-state index contributed by atoms with van der Waals surface area (Å²) in [6.45, 7) is 4.76. The Morgan fingerprint density at radius 3 is 2.82 bits per heavy atom. The summed E-state index contributed by atoms with van der Waals surface area (Å²) in [4.78, 5) is 11.8. The first-order valence-corrected chi connectivity index (χ1v) is 7.33. The molecular weight excluding hydrogens is 280 g/mol. The van der Waals surface area contributed by atoms with Crippen molar-refractivity contribution in [2.24, 2.45) is 5.92 Å². The van der Waals surface area contributed by atoms with E-state index >= 15 is 0 Å². The molecule has 0 aliphatic rings. The Balaban J connectivity index is 1.72. The molecule has 3 rings (SSSR count). The van der Waals surface area contributed by atoms with Crippen molar-refractivity contribution in [3.05, 3.63) is 42.1 Å². The van der Waals surface area contributed by atoms with Crippen LogP contribution in [-0.4, -0.2) is 17.6 Å². The molecule has 0 fully saturated rings. The number of aromatic nitrogens is 1. The molecule has 0 atom stereocenters. The van der Waals surface area contributed by atoms with Gasteiger partial charge in [-0.1, -0.05) is 37.2 Å². The molecule has 0 aliphatic carbocycles. The van der Waals surface area contributed by atoms with Crippen LogP contribution in [0.5, 0.6) is 0 Å². The maximum atomic E-state index is 11.8. The molecule has 3 aromatic rings. The molecule has 5 heteroatoms. The molecule has 114 valence electrons. The van der Waals surface area contributed by atoms with Crippen molar-refractivity contribution in [1.29, 1.82) is 0 Å². The second-order valence-electron chi connectivity index (χ2n) is 5.71. The van der Waals surface area contributed by atoms with Crippen LogP contribution in [0.4, 0.5) is 0 Å². The average molecular weight is 298 g/mol. The van der Waals surface area contributed by atoms with Crippen LogP contribution < -0.4 is 5.32 Å². The van der Waals surface area contributed by atoms with Crippen LogP contribution in [0.25, 0.3) is 22.5 Å². The lowest BCUT2D eigenvalue weighted by molar-refractivity contribution is -0.120. The highest BCUT2D eigenvalue weighted by molar-refractivity contribution is 5.82. The van der Waals surface area contributed by atoms with Crippen molar-refractivity contribution in [1.82, 2.24) is 10.5 Å². The normalized spacial score (nSPS) is 11.2. The maximum absolute atomic E-state index is 11.8. The lowest BCUT2D eigenvalue weighted by Crippen LogP contribution is -2.28. The van der Waals surface area contributed by atoms with Crippen LogP contribution in [0.3, 0.4) is 0 Å². The van der Waals surface area contributed by atoms with Gasteiger partial charge in [-0.25, -0.2) is 0 Å². The molecule has 0 spiro atoms. The fourth-order valence-electron chi connectivity index (χ4n) is 2.16. The fourth-order valence-corrected chi connectivity index (χ4v) is 2.16. The minimum absolute atomic E-state index is 0.0573. The number of hydrogen-bond acceptors (Lipinski definition) is 4. The van der Waals surface area contributed by atoms with Crippen LogP contribution >= 0.6 is 0 Å². The van der Waals surface area contributed by atoms with Gasteiger partial charge in [-0.15, -0.1) is 0 Å². The van der Waals surface area contributed by atoms with Crippen molar-refractivity contribution in [2.75, 3.05) is 6.54 Å². The first-order chi connectivity index (χ1) is 10.6. The summed E-state index contributed by atoms with van der Waals surface area (Å²) in [5, 5.41) is 7.80. The molecule has 0 saturated carbocycles. The van der Waals surface area contributed by atoms with Crippen LogP contribution in [-0.2, 0) is 11.2 Å². The zero-order chi connectivity index (χ0) is 15.5. The molecule has 0 unspecified atom stereocenters. The number of hydrogen-bond donors (Lipinski definition) is 1. The van der Waals surface area contributed by atoms with E-state index in [2.05, 4.69) is 24.3 Å². The highest BCUT2D eigenvalue weighted by Gasteiger charge is 2.14. The molecule has 2 heterocycles. The summed E-state index contributed by atoms with van der Waals surface area (Å²) >= 11 is 0. The number of carbonyl (C=O) groups is 1. The van der Waals surface area contributed by atoms with E-state index in [1.54, 1.807) is 6.07 Å². The minimum Gasteiger partial charge on any atom is -0.453 e. The van der Waals surface area contributed by atoms with Crippen molar-refractivity contribution in [2.45, 2.75) is 20.3 Å². The fraction of sp³-hybridized carbons (Fsp3) is 0.294. The van der Waals surface area contributed by atoms with Crippen molar-refractivity contribution >= 4 is 16.9 Å². The number of fused-ring (bicyclic) bond motifs is 1. The Labute approximate surface area is 128 Å². The van der Waals surface area contributed by atoms with Crippen molar-refractivity contribution < 1.29 is 13.7 Å². The molecule has 22 heavy (non-hydrogen) atoms. The van der Waals surface area contributed by atoms with Gasteiger partial charge in [0.2, 0.25) is 11.7 Å². The van der Waals surface area contributed by atoms with Crippen LogP contribution in [0.2, 0.25) is 0 Å². The topological polar surface area (TPSA) is 68.3 Å². The van der Waals surface area contributed by atoms with Gasteiger partial charge < -0.3 is 14.3 Å². The highest BCUT2D eigenvalue weighted by Crippen LogP contribution is 2.28. The Kier molecular flexibility index (Phi) is 3.96. The summed E-state index contributed by atoms with van der Waals surface area (Å²) in [5.74, 6) is 1.51. The number of furan rings is 1. The molecule has 0 bridgehead atoms. The monoisotopic (exact) mass is 298 g/mol. The van der Waals surface area contributed by atoms with E-state index in [-0.39, 0.29) is 12.3 Å². The summed E-state index contributed by atoms with van der Waals surface area (Å²) in [6, 6.07) is 11.4. The third kappa shape index (κ3) is 3.19. The first kappa shape index (κ1) is 14.4. The summed E-state index contributed by atoms with van der Waals surface area (Å²) in [7, 11) is 0. The zero-order valence-electron chi connectivity index (χ0n) is 12.6. The number of para-hydroxylation sites is 1. The van der Waals surface area contributed by atoms with E-state index in [4.69, 9.17) is 8.94 Å². The molecule has 0 radical (unpaired) electrons. The molecular formula is C17H18N2O3.